The van der Waals surface area contributed by atoms with Gasteiger partial charge in [0.15, 0.2) is 5.82 Å². The fourth-order valence-corrected chi connectivity index (χ4v) is 1.18. The van der Waals surface area contributed by atoms with Crippen molar-refractivity contribution in [1.82, 2.24) is 15.1 Å². The van der Waals surface area contributed by atoms with Crippen LogP contribution in [-0.2, 0) is 0 Å². The third kappa shape index (κ3) is 1.61. The van der Waals surface area contributed by atoms with Crippen LogP contribution in [0.25, 0.3) is 11.6 Å². The van der Waals surface area contributed by atoms with Crippen LogP contribution in [0.2, 0.25) is 5.15 Å². The molecule has 2 rings (SSSR count). The van der Waals surface area contributed by atoms with Crippen LogP contribution in [0.1, 0.15) is 11.4 Å². The predicted molar refractivity (Wildman–Crippen MR) is 52.0 cm³/mol. The summed E-state index contributed by atoms with van der Waals surface area (Å²) in [5, 5.41) is 4.13. The van der Waals surface area contributed by atoms with Crippen molar-refractivity contribution in [2.45, 2.75) is 13.8 Å². The molecule has 4 nitrogen and oxygen atoms in total. The molecule has 14 heavy (non-hydrogen) atoms. The molecule has 2 heterocycles. The molecule has 0 saturated carbocycles. The predicted octanol–water partition coefficient (Wildman–Crippen LogP) is 2.40. The van der Waals surface area contributed by atoms with E-state index in [1.807, 2.05) is 13.0 Å². The van der Waals surface area contributed by atoms with E-state index in [1.54, 1.807) is 13.0 Å². The average molecular weight is 210 g/mol. The highest BCUT2D eigenvalue weighted by Crippen LogP contribution is 2.19. The Kier molecular flexibility index (Phi) is 2.21. The monoisotopic (exact) mass is 209 g/mol. The maximum Gasteiger partial charge on any atom is 0.276 e. The van der Waals surface area contributed by atoms with Crippen molar-refractivity contribution in [3.05, 3.63) is 28.7 Å². The Labute approximate surface area is 85.9 Å². The lowest BCUT2D eigenvalue weighted by molar-refractivity contribution is 0.424. The molecule has 0 atom stereocenters. The van der Waals surface area contributed by atoms with Crippen LogP contribution < -0.4 is 0 Å². The number of halogens is 1. The highest BCUT2D eigenvalue weighted by molar-refractivity contribution is 6.30. The highest BCUT2D eigenvalue weighted by Gasteiger charge is 2.08. The molecule has 0 aromatic carbocycles. The first kappa shape index (κ1) is 9.15. The van der Waals surface area contributed by atoms with Crippen molar-refractivity contribution in [2.24, 2.45) is 0 Å². The van der Waals surface area contributed by atoms with Crippen LogP contribution in [0.5, 0.6) is 0 Å². The second kappa shape index (κ2) is 3.38. The van der Waals surface area contributed by atoms with E-state index in [1.165, 1.54) is 0 Å². The van der Waals surface area contributed by atoms with Crippen molar-refractivity contribution in [2.75, 3.05) is 0 Å². The number of hydrogen-bond acceptors (Lipinski definition) is 4. The Morgan fingerprint density at radius 2 is 2.00 bits per heavy atom. The van der Waals surface area contributed by atoms with E-state index in [0.717, 1.165) is 5.56 Å². The smallest absolute Gasteiger partial charge is 0.276 e. The first-order chi connectivity index (χ1) is 6.66. The molecule has 0 spiro atoms. The summed E-state index contributed by atoms with van der Waals surface area (Å²) in [5.41, 5.74) is 1.52. The second-order valence-corrected chi connectivity index (χ2v) is 3.31. The third-order valence-electron chi connectivity index (χ3n) is 1.78. The number of pyridine rings is 1. The largest absolute Gasteiger partial charge is 0.332 e. The molecule has 0 fully saturated rings. The van der Waals surface area contributed by atoms with E-state index >= 15 is 0 Å². The van der Waals surface area contributed by atoms with Crippen molar-refractivity contribution in [3.63, 3.8) is 0 Å². The molecular formula is C9H8ClN3O. The van der Waals surface area contributed by atoms with Crippen LogP contribution in [0.3, 0.4) is 0 Å². The summed E-state index contributed by atoms with van der Waals surface area (Å²) in [4.78, 5) is 8.18. The molecular weight excluding hydrogens is 202 g/mol. The van der Waals surface area contributed by atoms with E-state index < -0.39 is 0 Å². The number of nitrogens with zero attached hydrogens (tertiary/aromatic N) is 3. The van der Waals surface area contributed by atoms with Crippen molar-refractivity contribution < 1.29 is 4.52 Å². The minimum atomic E-state index is 0.393. The SMILES string of the molecule is Cc1noc(-c2ccc(C)c(Cl)n2)n1. The molecule has 72 valence electrons. The number of rotatable bonds is 1. The first-order valence-corrected chi connectivity index (χ1v) is 4.48. The summed E-state index contributed by atoms with van der Waals surface area (Å²) in [6.45, 7) is 3.64. The van der Waals surface area contributed by atoms with Gasteiger partial charge in [-0.05, 0) is 25.5 Å². The second-order valence-electron chi connectivity index (χ2n) is 2.95. The van der Waals surface area contributed by atoms with Crippen molar-refractivity contribution in [1.29, 1.82) is 0 Å². The normalized spacial score (nSPS) is 10.5. The fourth-order valence-electron chi connectivity index (χ4n) is 1.02. The Hall–Kier alpha value is -1.42. The summed E-state index contributed by atoms with van der Waals surface area (Å²) in [6.07, 6.45) is 0. The molecule has 0 unspecified atom stereocenters. The van der Waals surface area contributed by atoms with E-state index in [2.05, 4.69) is 15.1 Å². The third-order valence-corrected chi connectivity index (χ3v) is 2.16. The van der Waals surface area contributed by atoms with E-state index in [9.17, 15) is 0 Å². The van der Waals surface area contributed by atoms with Crippen LogP contribution in [-0.4, -0.2) is 15.1 Å². The lowest BCUT2D eigenvalue weighted by atomic mass is 10.3. The van der Waals surface area contributed by atoms with Gasteiger partial charge < -0.3 is 4.52 Å². The van der Waals surface area contributed by atoms with Gasteiger partial charge in [0.25, 0.3) is 5.89 Å². The molecule has 0 N–H and O–H groups in total. The maximum atomic E-state index is 5.87. The number of aromatic nitrogens is 3. The molecule has 2 aromatic rings. The van der Waals surface area contributed by atoms with Crippen molar-refractivity contribution >= 4 is 11.6 Å². The molecule has 0 aliphatic heterocycles. The van der Waals surface area contributed by atoms with Gasteiger partial charge in [0.2, 0.25) is 0 Å². The van der Waals surface area contributed by atoms with Crippen molar-refractivity contribution in [3.8, 4) is 11.6 Å². The van der Waals surface area contributed by atoms with Crippen LogP contribution in [0, 0.1) is 13.8 Å². The van der Waals surface area contributed by atoms with Gasteiger partial charge in [-0.25, -0.2) is 4.98 Å². The Balaban J connectivity index is 2.47. The van der Waals surface area contributed by atoms with Gasteiger partial charge in [-0.15, -0.1) is 0 Å². The van der Waals surface area contributed by atoms with Gasteiger partial charge in [0, 0.05) is 0 Å². The minimum Gasteiger partial charge on any atom is -0.332 e. The van der Waals surface area contributed by atoms with Crippen LogP contribution >= 0.6 is 11.6 Å². The zero-order valence-corrected chi connectivity index (χ0v) is 8.54. The highest BCUT2D eigenvalue weighted by atomic mass is 35.5. The Bertz CT molecular complexity index is 467. The summed E-state index contributed by atoms with van der Waals surface area (Å²) in [6, 6.07) is 3.67. The number of aryl methyl sites for hydroxylation is 2. The van der Waals surface area contributed by atoms with E-state index in [-0.39, 0.29) is 0 Å². The van der Waals surface area contributed by atoms with Gasteiger partial charge in [0.1, 0.15) is 10.8 Å². The molecule has 5 heteroatoms. The van der Waals surface area contributed by atoms with Gasteiger partial charge in [-0.1, -0.05) is 22.8 Å². The van der Waals surface area contributed by atoms with Crippen LogP contribution in [0.4, 0.5) is 0 Å². The van der Waals surface area contributed by atoms with Gasteiger partial charge in [-0.3, -0.25) is 0 Å². The van der Waals surface area contributed by atoms with E-state index in [0.29, 0.717) is 22.6 Å². The molecule has 0 bridgehead atoms. The zero-order valence-electron chi connectivity index (χ0n) is 7.78. The summed E-state index contributed by atoms with van der Waals surface area (Å²) in [5.74, 6) is 0.975. The molecule has 2 aromatic heterocycles. The van der Waals surface area contributed by atoms with Gasteiger partial charge in [-0.2, -0.15) is 4.98 Å². The maximum absolute atomic E-state index is 5.87. The first-order valence-electron chi connectivity index (χ1n) is 4.10. The Morgan fingerprint density at radius 1 is 1.21 bits per heavy atom. The summed E-state index contributed by atoms with van der Waals surface area (Å²) < 4.78 is 4.96. The number of hydrogen-bond donors (Lipinski definition) is 0. The molecule has 0 saturated heterocycles. The van der Waals surface area contributed by atoms with Gasteiger partial charge >= 0.3 is 0 Å². The Morgan fingerprint density at radius 3 is 2.57 bits per heavy atom. The molecule has 0 amide bonds. The molecule has 0 aliphatic rings. The van der Waals surface area contributed by atoms with E-state index in [4.69, 9.17) is 16.1 Å². The quantitative estimate of drug-likeness (QED) is 0.677. The van der Waals surface area contributed by atoms with Gasteiger partial charge in [0.05, 0.1) is 0 Å². The fraction of sp³-hybridized carbons (Fsp3) is 0.222. The topological polar surface area (TPSA) is 51.8 Å². The molecule has 0 aliphatic carbocycles. The average Bonchev–Trinajstić information content (AvgIpc) is 2.57. The standard InChI is InChI=1S/C9H8ClN3O/c1-5-3-4-7(12-8(5)10)9-11-6(2)13-14-9/h3-4H,1-2H3. The zero-order chi connectivity index (χ0) is 10.1. The summed E-state index contributed by atoms with van der Waals surface area (Å²) >= 11 is 5.87. The summed E-state index contributed by atoms with van der Waals surface area (Å²) in [7, 11) is 0. The minimum absolute atomic E-state index is 0.393. The lowest BCUT2D eigenvalue weighted by Crippen LogP contribution is -1.86. The van der Waals surface area contributed by atoms with Crippen LogP contribution in [0.15, 0.2) is 16.7 Å². The lowest BCUT2D eigenvalue weighted by Gasteiger charge is -1.97. The molecule has 0 radical (unpaired) electrons.